The van der Waals surface area contributed by atoms with E-state index >= 15 is 0 Å². The van der Waals surface area contributed by atoms with Gasteiger partial charge in [0.15, 0.2) is 11.5 Å². The van der Waals surface area contributed by atoms with E-state index in [2.05, 4.69) is 4.98 Å². The second kappa shape index (κ2) is 8.90. The molecular formula is C28H31N3O3. The Morgan fingerprint density at radius 1 is 0.882 bits per heavy atom. The summed E-state index contributed by atoms with van der Waals surface area (Å²) in [6.07, 6.45) is 6.93. The van der Waals surface area contributed by atoms with Gasteiger partial charge in [-0.15, -0.1) is 0 Å². The predicted molar refractivity (Wildman–Crippen MR) is 129 cm³/mol. The van der Waals surface area contributed by atoms with Crippen molar-refractivity contribution in [2.45, 2.75) is 62.9 Å². The number of para-hydroxylation sites is 2. The molecule has 3 atom stereocenters. The monoisotopic (exact) mass is 457 g/mol. The molecule has 3 aliphatic rings. The van der Waals surface area contributed by atoms with Crippen LogP contribution < -0.4 is 0 Å². The van der Waals surface area contributed by atoms with Crippen molar-refractivity contribution in [1.29, 1.82) is 0 Å². The van der Waals surface area contributed by atoms with Crippen LogP contribution in [-0.2, 0) is 4.79 Å². The van der Waals surface area contributed by atoms with E-state index in [1.807, 2.05) is 64.4 Å². The summed E-state index contributed by atoms with van der Waals surface area (Å²) in [6.45, 7) is 1.36. The number of hydrogen-bond acceptors (Lipinski definition) is 4. The summed E-state index contributed by atoms with van der Waals surface area (Å²) in [4.78, 5) is 35.9. The normalized spacial score (nSPS) is 25.5. The lowest BCUT2D eigenvalue weighted by molar-refractivity contribution is -0.136. The Morgan fingerprint density at radius 2 is 1.62 bits per heavy atom. The van der Waals surface area contributed by atoms with Crippen LogP contribution in [0.25, 0.3) is 11.1 Å². The highest BCUT2D eigenvalue weighted by molar-refractivity contribution is 5.98. The second-order valence-corrected chi connectivity index (χ2v) is 10.1. The number of carbonyl (C=O) groups excluding carboxylic acids is 2. The van der Waals surface area contributed by atoms with Crippen LogP contribution >= 0.6 is 0 Å². The maximum Gasteiger partial charge on any atom is 0.254 e. The van der Waals surface area contributed by atoms with Crippen LogP contribution in [0.1, 0.15) is 67.1 Å². The molecule has 3 aromatic rings. The number of fused-ring (bicyclic) bond motifs is 2. The Labute approximate surface area is 199 Å². The van der Waals surface area contributed by atoms with Gasteiger partial charge in [-0.3, -0.25) is 9.59 Å². The van der Waals surface area contributed by atoms with Gasteiger partial charge in [0.05, 0.1) is 0 Å². The average Bonchev–Trinajstić information content (AvgIpc) is 3.50. The van der Waals surface area contributed by atoms with Gasteiger partial charge in [0.1, 0.15) is 11.6 Å². The summed E-state index contributed by atoms with van der Waals surface area (Å²) in [6, 6.07) is 17.1. The van der Waals surface area contributed by atoms with Gasteiger partial charge in [0.2, 0.25) is 5.91 Å². The first kappa shape index (κ1) is 21.4. The molecule has 1 aliphatic carbocycles. The molecule has 3 fully saturated rings. The minimum atomic E-state index is -0.346. The van der Waals surface area contributed by atoms with E-state index in [1.54, 1.807) is 0 Å². The Morgan fingerprint density at radius 3 is 2.41 bits per heavy atom. The highest BCUT2D eigenvalue weighted by Gasteiger charge is 2.48. The summed E-state index contributed by atoms with van der Waals surface area (Å²) >= 11 is 0. The number of oxazole rings is 1. The number of aromatic nitrogens is 1. The highest BCUT2D eigenvalue weighted by atomic mass is 16.3. The van der Waals surface area contributed by atoms with Crippen LogP contribution in [0.3, 0.4) is 0 Å². The number of rotatable bonds is 3. The van der Waals surface area contributed by atoms with Gasteiger partial charge >= 0.3 is 0 Å². The van der Waals surface area contributed by atoms with Crippen molar-refractivity contribution in [2.24, 2.45) is 5.92 Å². The molecule has 176 valence electrons. The Bertz CT molecular complexity index is 1150. The number of carbonyl (C=O) groups is 2. The van der Waals surface area contributed by atoms with Gasteiger partial charge < -0.3 is 14.2 Å². The molecule has 0 bridgehead atoms. The molecule has 3 unspecified atom stereocenters. The Balaban J connectivity index is 1.18. The number of piperidine rings is 1. The number of nitrogens with zero attached hydrogens (tertiary/aromatic N) is 3. The topological polar surface area (TPSA) is 66.7 Å². The third-order valence-corrected chi connectivity index (χ3v) is 8.09. The van der Waals surface area contributed by atoms with E-state index in [1.165, 1.54) is 6.42 Å². The van der Waals surface area contributed by atoms with Crippen LogP contribution in [-0.4, -0.2) is 51.8 Å². The molecule has 6 rings (SSSR count). The summed E-state index contributed by atoms with van der Waals surface area (Å²) in [5.41, 5.74) is 2.39. The van der Waals surface area contributed by atoms with Crippen LogP contribution in [0.2, 0.25) is 0 Å². The van der Waals surface area contributed by atoms with Crippen molar-refractivity contribution in [3.8, 4) is 0 Å². The minimum absolute atomic E-state index is 0.00899. The zero-order chi connectivity index (χ0) is 23.1. The zero-order valence-electron chi connectivity index (χ0n) is 19.4. The minimum Gasteiger partial charge on any atom is -0.440 e. The molecule has 3 heterocycles. The zero-order valence-corrected chi connectivity index (χ0v) is 19.4. The predicted octanol–water partition coefficient (Wildman–Crippen LogP) is 5.01. The van der Waals surface area contributed by atoms with E-state index in [9.17, 15) is 9.59 Å². The molecule has 0 N–H and O–H groups in total. The fourth-order valence-electron chi connectivity index (χ4n) is 6.32. The molecule has 2 aromatic carbocycles. The molecule has 0 spiro atoms. The number of likely N-dealkylation sites (tertiary alicyclic amines) is 2. The maximum atomic E-state index is 13.8. The summed E-state index contributed by atoms with van der Waals surface area (Å²) in [5, 5.41) is 0. The molecule has 1 saturated carbocycles. The largest absolute Gasteiger partial charge is 0.440 e. The SMILES string of the molecule is O=C(C1CC2CCCCC2N1C(=O)c1ccccc1)N1CCC(c2nc3ccccc3o2)CC1. The molecule has 2 amide bonds. The standard InChI is InChI=1S/C28H31N3O3/c32-27(20-8-2-1-3-9-20)31-23-12-6-4-10-21(23)18-24(31)28(33)30-16-14-19(15-17-30)26-29-22-11-5-7-13-25(22)34-26/h1-3,5,7-9,11,13,19,21,23-24H,4,6,10,12,14-18H2. The van der Waals surface area contributed by atoms with Gasteiger partial charge in [-0.05, 0) is 62.3 Å². The van der Waals surface area contributed by atoms with Crippen molar-refractivity contribution < 1.29 is 14.0 Å². The number of amides is 2. The quantitative estimate of drug-likeness (QED) is 0.555. The van der Waals surface area contributed by atoms with Crippen LogP contribution in [0.4, 0.5) is 0 Å². The smallest absolute Gasteiger partial charge is 0.254 e. The molecule has 6 nitrogen and oxygen atoms in total. The van der Waals surface area contributed by atoms with Crippen molar-refractivity contribution in [3.05, 3.63) is 66.1 Å². The lowest BCUT2D eigenvalue weighted by Crippen LogP contribution is -2.52. The van der Waals surface area contributed by atoms with E-state index in [-0.39, 0.29) is 29.8 Å². The van der Waals surface area contributed by atoms with Gasteiger partial charge in [-0.1, -0.05) is 43.2 Å². The number of hydrogen-bond donors (Lipinski definition) is 0. The third-order valence-electron chi connectivity index (χ3n) is 8.09. The first-order chi connectivity index (χ1) is 16.7. The van der Waals surface area contributed by atoms with Crippen molar-refractivity contribution in [1.82, 2.24) is 14.8 Å². The molecule has 6 heteroatoms. The molecule has 0 radical (unpaired) electrons. The first-order valence-corrected chi connectivity index (χ1v) is 12.7. The third kappa shape index (κ3) is 3.79. The van der Waals surface area contributed by atoms with Gasteiger partial charge in [0.25, 0.3) is 5.91 Å². The first-order valence-electron chi connectivity index (χ1n) is 12.7. The Kier molecular flexibility index (Phi) is 5.60. The van der Waals surface area contributed by atoms with Gasteiger partial charge in [-0.25, -0.2) is 4.98 Å². The van der Waals surface area contributed by atoms with Gasteiger partial charge in [0, 0.05) is 30.6 Å². The highest BCUT2D eigenvalue weighted by Crippen LogP contribution is 2.41. The molecule has 1 aromatic heterocycles. The summed E-state index contributed by atoms with van der Waals surface area (Å²) in [5.74, 6) is 1.57. The van der Waals surface area contributed by atoms with E-state index in [0.717, 1.165) is 55.5 Å². The van der Waals surface area contributed by atoms with Crippen molar-refractivity contribution in [3.63, 3.8) is 0 Å². The molecule has 2 aliphatic heterocycles. The van der Waals surface area contributed by atoms with Crippen molar-refractivity contribution >= 4 is 22.9 Å². The summed E-state index contributed by atoms with van der Waals surface area (Å²) in [7, 11) is 0. The molecule has 2 saturated heterocycles. The van der Waals surface area contributed by atoms with Crippen molar-refractivity contribution in [2.75, 3.05) is 13.1 Å². The van der Waals surface area contributed by atoms with Crippen LogP contribution in [0.5, 0.6) is 0 Å². The average molecular weight is 458 g/mol. The Hall–Kier alpha value is -3.15. The van der Waals surface area contributed by atoms with E-state index < -0.39 is 0 Å². The van der Waals surface area contributed by atoms with Crippen LogP contribution in [0.15, 0.2) is 59.0 Å². The fourth-order valence-corrected chi connectivity index (χ4v) is 6.32. The number of benzene rings is 2. The second-order valence-electron chi connectivity index (χ2n) is 10.1. The lowest BCUT2D eigenvalue weighted by atomic mass is 9.84. The molecular weight excluding hydrogens is 426 g/mol. The molecule has 34 heavy (non-hydrogen) atoms. The van der Waals surface area contributed by atoms with Crippen LogP contribution in [0, 0.1) is 5.92 Å². The summed E-state index contributed by atoms with van der Waals surface area (Å²) < 4.78 is 6.00. The van der Waals surface area contributed by atoms with E-state index in [0.29, 0.717) is 24.6 Å². The van der Waals surface area contributed by atoms with Gasteiger partial charge in [-0.2, -0.15) is 0 Å². The van der Waals surface area contributed by atoms with E-state index in [4.69, 9.17) is 4.42 Å². The maximum absolute atomic E-state index is 13.8. The fraction of sp³-hybridized carbons (Fsp3) is 0.464. The lowest BCUT2D eigenvalue weighted by Gasteiger charge is -2.37.